The van der Waals surface area contributed by atoms with Crippen LogP contribution >= 0.6 is 0 Å². The Morgan fingerprint density at radius 3 is 2.80 bits per heavy atom. The molecule has 4 heteroatoms. The third kappa shape index (κ3) is 1.60. The van der Waals surface area contributed by atoms with Gasteiger partial charge in [-0.05, 0) is 24.7 Å². The van der Waals surface area contributed by atoms with Gasteiger partial charge in [0.1, 0.15) is 0 Å². The Balaban J connectivity index is 1.76. The first-order chi connectivity index (χ1) is 7.36. The number of hydrogen-bond donors (Lipinski definition) is 0. The van der Waals surface area contributed by atoms with Crippen molar-refractivity contribution in [3.8, 4) is 0 Å². The molecule has 1 aromatic heterocycles. The molecule has 78 valence electrons. The summed E-state index contributed by atoms with van der Waals surface area (Å²) in [5.74, 6) is 2.61. The molecule has 1 saturated carbocycles. The Kier molecular flexibility index (Phi) is 1.94. The van der Waals surface area contributed by atoms with Crippen LogP contribution in [0, 0.1) is 11.8 Å². The molecule has 15 heavy (non-hydrogen) atoms. The van der Waals surface area contributed by atoms with E-state index >= 15 is 0 Å². The van der Waals surface area contributed by atoms with E-state index < -0.39 is 0 Å². The highest BCUT2D eigenvalue weighted by molar-refractivity contribution is 5.73. The summed E-state index contributed by atoms with van der Waals surface area (Å²) in [6, 6.07) is 0. The van der Waals surface area contributed by atoms with E-state index in [1.807, 2.05) is 0 Å². The minimum atomic E-state index is 0.542. The number of rotatable bonds is 2. The molecule has 4 nitrogen and oxygen atoms in total. The maximum absolute atomic E-state index is 10.5. The van der Waals surface area contributed by atoms with Crippen molar-refractivity contribution < 1.29 is 4.79 Å². The van der Waals surface area contributed by atoms with Gasteiger partial charge < -0.3 is 4.90 Å². The molecule has 0 N–H and O–H groups in total. The molecule has 0 aromatic carbocycles. The van der Waals surface area contributed by atoms with Gasteiger partial charge in [-0.3, -0.25) is 4.79 Å². The van der Waals surface area contributed by atoms with E-state index in [0.29, 0.717) is 5.56 Å². The summed E-state index contributed by atoms with van der Waals surface area (Å²) < 4.78 is 0. The van der Waals surface area contributed by atoms with Crippen LogP contribution in [0.2, 0.25) is 0 Å². The monoisotopic (exact) mass is 203 g/mol. The van der Waals surface area contributed by atoms with E-state index in [-0.39, 0.29) is 0 Å². The molecule has 2 fully saturated rings. The number of hydrogen-bond acceptors (Lipinski definition) is 4. The van der Waals surface area contributed by atoms with Crippen molar-refractivity contribution in [2.45, 2.75) is 12.8 Å². The van der Waals surface area contributed by atoms with E-state index in [4.69, 9.17) is 0 Å². The highest BCUT2D eigenvalue weighted by Crippen LogP contribution is 2.45. The van der Waals surface area contributed by atoms with E-state index in [9.17, 15) is 4.79 Å². The van der Waals surface area contributed by atoms with Gasteiger partial charge in [0.25, 0.3) is 0 Å². The zero-order valence-corrected chi connectivity index (χ0v) is 8.47. The van der Waals surface area contributed by atoms with E-state index in [1.54, 1.807) is 12.4 Å². The van der Waals surface area contributed by atoms with Crippen LogP contribution in [0.4, 0.5) is 5.95 Å². The molecule has 2 heterocycles. The van der Waals surface area contributed by atoms with Gasteiger partial charge in [-0.1, -0.05) is 0 Å². The Morgan fingerprint density at radius 1 is 1.33 bits per heavy atom. The fraction of sp³-hybridized carbons (Fsp3) is 0.545. The zero-order valence-electron chi connectivity index (χ0n) is 8.47. The van der Waals surface area contributed by atoms with Crippen LogP contribution in [0.1, 0.15) is 23.2 Å². The van der Waals surface area contributed by atoms with Crippen molar-refractivity contribution in [3.05, 3.63) is 18.0 Å². The number of carbonyl (C=O) groups is 1. The number of nitrogens with zero attached hydrogens (tertiary/aromatic N) is 3. The molecule has 0 radical (unpaired) electrons. The molecular weight excluding hydrogens is 190 g/mol. The lowest BCUT2D eigenvalue weighted by Gasteiger charge is -2.26. The van der Waals surface area contributed by atoms with Crippen molar-refractivity contribution in [2.75, 3.05) is 18.0 Å². The Labute approximate surface area is 88.3 Å². The quantitative estimate of drug-likeness (QED) is 0.676. The van der Waals surface area contributed by atoms with Gasteiger partial charge in [0, 0.05) is 25.5 Å². The van der Waals surface area contributed by atoms with Crippen LogP contribution < -0.4 is 4.90 Å². The summed E-state index contributed by atoms with van der Waals surface area (Å²) in [4.78, 5) is 21.1. The molecule has 2 unspecified atom stereocenters. The molecule has 0 bridgehead atoms. The summed E-state index contributed by atoms with van der Waals surface area (Å²) in [5.41, 5.74) is 0.542. The number of fused-ring (bicyclic) bond motifs is 1. The number of piperidine rings is 1. The maximum atomic E-state index is 10.5. The number of aromatic nitrogens is 2. The van der Waals surface area contributed by atoms with E-state index in [2.05, 4.69) is 14.9 Å². The first-order valence-corrected chi connectivity index (χ1v) is 5.39. The molecular formula is C11H13N3O. The van der Waals surface area contributed by atoms with E-state index in [1.165, 1.54) is 12.8 Å². The number of aldehydes is 1. The SMILES string of the molecule is O=Cc1cnc(N2CCC3CC3C2)nc1. The molecule has 0 spiro atoms. The summed E-state index contributed by atoms with van der Waals surface area (Å²) in [6.07, 6.45) is 6.60. The van der Waals surface area contributed by atoms with Crippen molar-refractivity contribution >= 4 is 12.2 Å². The maximum Gasteiger partial charge on any atom is 0.225 e. The van der Waals surface area contributed by atoms with Gasteiger partial charge in [-0.2, -0.15) is 0 Å². The third-order valence-corrected chi connectivity index (χ3v) is 3.37. The molecule has 0 amide bonds. The number of anilines is 1. The van der Waals surface area contributed by atoms with Crippen molar-refractivity contribution in [1.82, 2.24) is 9.97 Å². The normalized spacial score (nSPS) is 28.4. The van der Waals surface area contributed by atoms with Crippen molar-refractivity contribution in [2.24, 2.45) is 11.8 Å². The standard InChI is InChI=1S/C11H13N3O/c15-7-8-4-12-11(13-5-8)14-2-1-9-3-10(9)6-14/h4-5,7,9-10H,1-3,6H2. The molecule has 1 aliphatic heterocycles. The zero-order chi connectivity index (χ0) is 10.3. The summed E-state index contributed by atoms with van der Waals surface area (Å²) in [7, 11) is 0. The largest absolute Gasteiger partial charge is 0.341 e. The average molecular weight is 203 g/mol. The highest BCUT2D eigenvalue weighted by atomic mass is 16.1. The lowest BCUT2D eigenvalue weighted by atomic mass is 10.1. The van der Waals surface area contributed by atoms with Gasteiger partial charge in [0.2, 0.25) is 5.95 Å². The van der Waals surface area contributed by atoms with Crippen molar-refractivity contribution in [3.63, 3.8) is 0 Å². The van der Waals surface area contributed by atoms with Crippen LogP contribution in [-0.2, 0) is 0 Å². The van der Waals surface area contributed by atoms with Gasteiger partial charge in [0.15, 0.2) is 6.29 Å². The summed E-state index contributed by atoms with van der Waals surface area (Å²) in [5, 5.41) is 0. The highest BCUT2D eigenvalue weighted by Gasteiger charge is 2.41. The van der Waals surface area contributed by atoms with Gasteiger partial charge in [-0.25, -0.2) is 9.97 Å². The molecule has 2 aliphatic rings. The molecule has 1 aliphatic carbocycles. The first-order valence-electron chi connectivity index (χ1n) is 5.39. The second kappa shape index (κ2) is 3.29. The number of carbonyl (C=O) groups excluding carboxylic acids is 1. The fourth-order valence-electron chi connectivity index (χ4n) is 2.32. The van der Waals surface area contributed by atoms with Gasteiger partial charge in [-0.15, -0.1) is 0 Å². The van der Waals surface area contributed by atoms with E-state index in [0.717, 1.165) is 37.2 Å². The molecule has 3 rings (SSSR count). The lowest BCUT2D eigenvalue weighted by Crippen LogP contribution is -2.32. The second-order valence-electron chi connectivity index (χ2n) is 4.42. The van der Waals surface area contributed by atoms with Crippen LogP contribution in [-0.4, -0.2) is 29.3 Å². The fourth-order valence-corrected chi connectivity index (χ4v) is 2.32. The van der Waals surface area contributed by atoms with Crippen LogP contribution in [0.15, 0.2) is 12.4 Å². The topological polar surface area (TPSA) is 46.1 Å². The third-order valence-electron chi connectivity index (χ3n) is 3.37. The second-order valence-corrected chi connectivity index (χ2v) is 4.42. The van der Waals surface area contributed by atoms with Gasteiger partial charge in [0.05, 0.1) is 5.56 Å². The lowest BCUT2D eigenvalue weighted by molar-refractivity contribution is 0.112. The minimum Gasteiger partial charge on any atom is -0.341 e. The van der Waals surface area contributed by atoms with Crippen molar-refractivity contribution in [1.29, 1.82) is 0 Å². The molecule has 1 aromatic rings. The minimum absolute atomic E-state index is 0.542. The predicted octanol–water partition coefficient (Wildman–Crippen LogP) is 1.14. The Morgan fingerprint density at radius 2 is 2.13 bits per heavy atom. The average Bonchev–Trinajstić information content (AvgIpc) is 3.07. The smallest absolute Gasteiger partial charge is 0.225 e. The molecule has 1 saturated heterocycles. The first kappa shape index (κ1) is 8.83. The Bertz CT molecular complexity index is 376. The summed E-state index contributed by atoms with van der Waals surface area (Å²) in [6.45, 7) is 2.15. The van der Waals surface area contributed by atoms with Gasteiger partial charge >= 0.3 is 0 Å². The summed E-state index contributed by atoms with van der Waals surface area (Å²) >= 11 is 0. The van der Waals surface area contributed by atoms with Crippen LogP contribution in [0.3, 0.4) is 0 Å². The predicted molar refractivity (Wildman–Crippen MR) is 55.8 cm³/mol. The molecule has 2 atom stereocenters. The Hall–Kier alpha value is -1.45. The van der Waals surface area contributed by atoms with Crippen LogP contribution in [0.25, 0.3) is 0 Å². The van der Waals surface area contributed by atoms with Crippen LogP contribution in [0.5, 0.6) is 0 Å².